The number of benzene rings is 2. The molecule has 3 N–H and O–H groups in total. The van der Waals surface area contributed by atoms with Gasteiger partial charge in [-0.1, -0.05) is 47.5 Å². The fourth-order valence-corrected chi connectivity index (χ4v) is 5.80. The van der Waals surface area contributed by atoms with Crippen LogP contribution < -0.4 is 15.2 Å². The summed E-state index contributed by atoms with van der Waals surface area (Å²) >= 11 is 12.6. The van der Waals surface area contributed by atoms with Crippen molar-refractivity contribution in [1.29, 1.82) is 0 Å². The molecule has 1 fully saturated rings. The Kier molecular flexibility index (Phi) is 6.30. The monoisotopic (exact) mass is 469 g/mol. The minimum absolute atomic E-state index is 0.0494. The van der Waals surface area contributed by atoms with Gasteiger partial charge in [0.05, 0.1) is 11.1 Å². The van der Waals surface area contributed by atoms with Gasteiger partial charge >= 0.3 is 0 Å². The van der Waals surface area contributed by atoms with Crippen LogP contribution >= 0.6 is 23.2 Å². The lowest BCUT2D eigenvalue weighted by Crippen LogP contribution is -2.50. The smallest absolute Gasteiger partial charge is 0.239 e. The Labute approximate surface area is 187 Å². The zero-order valence-corrected chi connectivity index (χ0v) is 19.0. The van der Waals surface area contributed by atoms with E-state index in [-0.39, 0.29) is 27.1 Å². The van der Waals surface area contributed by atoms with E-state index in [1.165, 1.54) is 17.7 Å². The van der Waals surface area contributed by atoms with Crippen molar-refractivity contribution in [1.82, 2.24) is 10.2 Å². The third kappa shape index (κ3) is 4.20. The summed E-state index contributed by atoms with van der Waals surface area (Å²) in [6.45, 7) is 2.01. The lowest BCUT2D eigenvalue weighted by molar-refractivity contribution is 0.0590. The number of primary sulfonamides is 1. The van der Waals surface area contributed by atoms with E-state index in [0.29, 0.717) is 11.8 Å². The molecule has 4 rings (SSSR count). The third-order valence-corrected chi connectivity index (χ3v) is 8.01. The summed E-state index contributed by atoms with van der Waals surface area (Å²) in [6, 6.07) is 11.6. The van der Waals surface area contributed by atoms with Crippen LogP contribution in [0.1, 0.15) is 30.1 Å². The van der Waals surface area contributed by atoms with Crippen LogP contribution in [0.5, 0.6) is 5.75 Å². The van der Waals surface area contributed by atoms with Gasteiger partial charge in [-0.3, -0.25) is 4.90 Å². The minimum atomic E-state index is -3.97. The number of hydrogen-bond acceptors (Lipinski definition) is 5. The molecule has 6 nitrogen and oxygen atoms in total. The summed E-state index contributed by atoms with van der Waals surface area (Å²) in [5.41, 5.74) is 2.35. The summed E-state index contributed by atoms with van der Waals surface area (Å²) in [4.78, 5) is 2.18. The number of nitrogens with two attached hydrogens (primary N) is 1. The van der Waals surface area contributed by atoms with Crippen LogP contribution in [0.3, 0.4) is 0 Å². The molecule has 1 aliphatic carbocycles. The van der Waals surface area contributed by atoms with E-state index in [9.17, 15) is 8.42 Å². The van der Waals surface area contributed by atoms with Gasteiger partial charge in [-0.25, -0.2) is 13.6 Å². The first-order valence-corrected chi connectivity index (χ1v) is 12.3. The predicted molar refractivity (Wildman–Crippen MR) is 119 cm³/mol. The Morgan fingerprint density at radius 1 is 1.17 bits per heavy atom. The number of likely N-dealkylation sites (N-methyl/N-ethyl adjacent to an activating group) is 1. The van der Waals surface area contributed by atoms with E-state index < -0.39 is 10.0 Å². The molecule has 9 heteroatoms. The summed E-state index contributed by atoms with van der Waals surface area (Å²) in [7, 11) is -1.83. The van der Waals surface area contributed by atoms with Crippen molar-refractivity contribution in [2.75, 3.05) is 20.1 Å². The van der Waals surface area contributed by atoms with E-state index in [1.54, 1.807) is 0 Å². The highest BCUT2D eigenvalue weighted by Crippen LogP contribution is 2.43. The highest BCUT2D eigenvalue weighted by Gasteiger charge is 2.39. The lowest BCUT2D eigenvalue weighted by atomic mass is 10.0. The molecule has 2 aromatic rings. The van der Waals surface area contributed by atoms with Crippen molar-refractivity contribution in [3.8, 4) is 5.75 Å². The Bertz CT molecular complexity index is 1040. The van der Waals surface area contributed by atoms with Crippen molar-refractivity contribution in [2.24, 2.45) is 5.14 Å². The first-order chi connectivity index (χ1) is 14.3. The van der Waals surface area contributed by atoms with Gasteiger partial charge in [0.2, 0.25) is 10.0 Å². The topological polar surface area (TPSA) is 84.7 Å². The highest BCUT2D eigenvalue weighted by atomic mass is 35.5. The van der Waals surface area contributed by atoms with Gasteiger partial charge in [0.25, 0.3) is 0 Å². The Morgan fingerprint density at radius 2 is 1.93 bits per heavy atom. The molecule has 1 saturated heterocycles. The van der Waals surface area contributed by atoms with Crippen LogP contribution in [0.2, 0.25) is 10.0 Å². The van der Waals surface area contributed by atoms with Gasteiger partial charge in [-0.2, -0.15) is 0 Å². The molecule has 1 aliphatic heterocycles. The number of hydrogen-bond donors (Lipinski definition) is 2. The number of halogens is 2. The van der Waals surface area contributed by atoms with Crippen molar-refractivity contribution in [3.63, 3.8) is 0 Å². The second kappa shape index (κ2) is 8.65. The SMILES string of the molecule is CN(C1CCCNC1)[C@@H]1Cc2ccccc2[C@H]1Oc1ccc(S(N)(=O)=O)c(Cl)c1Cl. The fraction of sp³-hybridized carbons (Fsp3) is 0.429. The Morgan fingerprint density at radius 3 is 2.63 bits per heavy atom. The predicted octanol–water partition coefficient (Wildman–Crippen LogP) is 3.37. The van der Waals surface area contributed by atoms with Gasteiger partial charge in [0.1, 0.15) is 21.8 Å². The normalized spacial score (nSPS) is 24.1. The van der Waals surface area contributed by atoms with Crippen LogP contribution in [0.15, 0.2) is 41.3 Å². The first-order valence-electron chi connectivity index (χ1n) is 9.95. The summed E-state index contributed by atoms with van der Waals surface area (Å²) in [5.74, 6) is 0.343. The van der Waals surface area contributed by atoms with Crippen LogP contribution in [0.25, 0.3) is 0 Å². The number of sulfonamides is 1. The maximum absolute atomic E-state index is 11.7. The largest absolute Gasteiger partial charge is 0.482 e. The molecule has 2 aromatic carbocycles. The standard InChI is InChI=1S/C21H25Cl2N3O3S/c1-26(14-6-4-10-25-12-14)16-11-13-5-2-3-7-15(13)21(16)29-17-8-9-18(30(24,27)28)20(23)19(17)22/h2-3,5,7-9,14,16,21,25H,4,6,10-12H2,1H3,(H2,24,27,28)/t14?,16-,21-/m1/s1. The number of ether oxygens (including phenoxy) is 1. The van der Waals surface area contributed by atoms with Gasteiger partial charge < -0.3 is 10.1 Å². The second-order valence-corrected chi connectivity index (χ2v) is 10.2. The maximum atomic E-state index is 11.7. The number of fused-ring (bicyclic) bond motifs is 1. The molecule has 1 unspecified atom stereocenters. The molecule has 0 radical (unpaired) electrons. The zero-order chi connectivity index (χ0) is 21.5. The number of nitrogens with one attached hydrogen (secondary N) is 1. The van der Waals surface area contributed by atoms with Crippen molar-refractivity contribution in [2.45, 2.75) is 42.3 Å². The zero-order valence-electron chi connectivity index (χ0n) is 16.6. The second-order valence-electron chi connectivity index (χ2n) is 7.91. The van der Waals surface area contributed by atoms with Gasteiger partial charge in [0, 0.05) is 12.6 Å². The van der Waals surface area contributed by atoms with E-state index in [4.69, 9.17) is 33.1 Å². The van der Waals surface area contributed by atoms with Gasteiger partial charge in [-0.05, 0) is 56.1 Å². The molecule has 0 amide bonds. The Balaban J connectivity index is 1.67. The molecule has 2 aliphatic rings. The molecule has 3 atom stereocenters. The molecule has 0 bridgehead atoms. The quantitative estimate of drug-likeness (QED) is 0.700. The van der Waals surface area contributed by atoms with E-state index in [2.05, 4.69) is 29.4 Å². The molecular weight excluding hydrogens is 445 g/mol. The van der Waals surface area contributed by atoms with Crippen molar-refractivity contribution in [3.05, 3.63) is 57.6 Å². The van der Waals surface area contributed by atoms with Crippen molar-refractivity contribution >= 4 is 33.2 Å². The van der Waals surface area contributed by atoms with Crippen molar-refractivity contribution < 1.29 is 13.2 Å². The maximum Gasteiger partial charge on any atom is 0.239 e. The lowest BCUT2D eigenvalue weighted by Gasteiger charge is -2.38. The summed E-state index contributed by atoms with van der Waals surface area (Å²) in [6.07, 6.45) is 2.91. The van der Waals surface area contributed by atoms with Gasteiger partial charge in [0.15, 0.2) is 0 Å². The molecule has 0 saturated carbocycles. The number of nitrogens with zero attached hydrogens (tertiary/aromatic N) is 1. The molecule has 30 heavy (non-hydrogen) atoms. The van der Waals surface area contributed by atoms with Gasteiger partial charge in [-0.15, -0.1) is 0 Å². The van der Waals surface area contributed by atoms with E-state index in [1.807, 2.05) is 12.1 Å². The number of piperidine rings is 1. The number of rotatable bonds is 5. The molecule has 1 heterocycles. The third-order valence-electron chi connectivity index (χ3n) is 6.08. The summed E-state index contributed by atoms with van der Waals surface area (Å²) < 4.78 is 29.8. The summed E-state index contributed by atoms with van der Waals surface area (Å²) in [5, 5.41) is 8.62. The van der Waals surface area contributed by atoms with E-state index in [0.717, 1.165) is 37.9 Å². The van der Waals surface area contributed by atoms with Crippen LogP contribution in [-0.2, 0) is 16.4 Å². The minimum Gasteiger partial charge on any atom is -0.482 e. The molecule has 162 valence electrons. The first kappa shape index (κ1) is 21.9. The average molecular weight is 470 g/mol. The van der Waals surface area contributed by atoms with Crippen LogP contribution in [0.4, 0.5) is 0 Å². The average Bonchev–Trinajstić information content (AvgIpc) is 3.09. The Hall–Kier alpha value is -1.35. The van der Waals surface area contributed by atoms with E-state index >= 15 is 0 Å². The molecular formula is C21H25Cl2N3O3S. The highest BCUT2D eigenvalue weighted by molar-refractivity contribution is 7.89. The molecule has 0 aromatic heterocycles. The molecule has 0 spiro atoms. The van der Waals surface area contributed by atoms with Crippen LogP contribution in [0, 0.1) is 0 Å². The van der Waals surface area contributed by atoms with Crippen LogP contribution in [-0.4, -0.2) is 45.5 Å². The fourth-order valence-electron chi connectivity index (χ4n) is 4.45.